The lowest BCUT2D eigenvalue weighted by molar-refractivity contribution is -0.117. The van der Waals surface area contributed by atoms with Gasteiger partial charge in [0.05, 0.1) is 16.9 Å². The number of nitrogens with two attached hydrogens (primary N) is 1. The molecule has 0 radical (unpaired) electrons. The summed E-state index contributed by atoms with van der Waals surface area (Å²) in [6.07, 6.45) is 0.708. The average molecular weight is 772 g/mol. The first-order chi connectivity index (χ1) is 24.5. The van der Waals surface area contributed by atoms with Gasteiger partial charge in [0.25, 0.3) is 0 Å². The number of hydrogen-bond acceptors (Lipinski definition) is 10. The van der Waals surface area contributed by atoms with Crippen molar-refractivity contribution in [1.82, 2.24) is 10.0 Å². The molecule has 0 spiro atoms. The van der Waals surface area contributed by atoms with Crippen LogP contribution < -0.4 is 5.84 Å². The first-order valence-corrected chi connectivity index (χ1v) is 17.7. The number of benzene rings is 2. The number of Topliss-reactive ketones (excluding diaryl/α,β-unsaturated/α-hetero) is 3. The summed E-state index contributed by atoms with van der Waals surface area (Å²) in [5.74, 6) is 4.73. The minimum atomic E-state index is -0.647. The molecule has 0 aromatic heterocycles. The smallest absolute Gasteiger partial charge is 0.430 e. The number of carbonyl (C=O) groups is 5. The molecular formula is C41H59ClN4O8. The van der Waals surface area contributed by atoms with Gasteiger partial charge in [-0.1, -0.05) is 93.5 Å². The van der Waals surface area contributed by atoms with Crippen LogP contribution in [0, 0.1) is 11.8 Å². The normalized spacial score (nSPS) is 18.9. The van der Waals surface area contributed by atoms with Crippen molar-refractivity contribution in [3.05, 3.63) is 88.0 Å². The minimum absolute atomic E-state index is 0. The average Bonchev–Trinajstić information content (AvgIpc) is 3.03. The molecule has 54 heavy (non-hydrogen) atoms. The van der Waals surface area contributed by atoms with Crippen LogP contribution in [-0.2, 0) is 19.1 Å². The first-order valence-electron chi connectivity index (χ1n) is 17.3. The number of ketones is 3. The zero-order valence-corrected chi connectivity index (χ0v) is 33.1. The monoisotopic (exact) mass is 771 g/mol. The van der Waals surface area contributed by atoms with Gasteiger partial charge in [-0.2, -0.15) is 5.10 Å². The zero-order valence-electron chi connectivity index (χ0n) is 32.4. The number of hydrazone groups is 1. The maximum Gasteiger partial charge on any atom is 0.430 e. The molecular weight excluding hydrogens is 712 g/mol. The zero-order chi connectivity index (χ0) is 40.3. The van der Waals surface area contributed by atoms with Crippen molar-refractivity contribution in [1.29, 1.82) is 0 Å². The van der Waals surface area contributed by atoms with Crippen molar-refractivity contribution >= 4 is 52.6 Å². The lowest BCUT2D eigenvalue weighted by Gasteiger charge is -2.26. The number of rotatable bonds is 4. The van der Waals surface area contributed by atoms with Crippen LogP contribution in [0.15, 0.2) is 81.9 Å². The summed E-state index contributed by atoms with van der Waals surface area (Å²) >= 11 is 6.06. The summed E-state index contributed by atoms with van der Waals surface area (Å²) < 4.78 is 10.2. The number of nitrogens with zero attached hydrogens (tertiary/aromatic N) is 3. The molecule has 4 rings (SSSR count). The van der Waals surface area contributed by atoms with E-state index in [0.717, 1.165) is 10.0 Å². The van der Waals surface area contributed by atoms with Crippen LogP contribution in [0.2, 0.25) is 0 Å². The number of aliphatic hydroxyl groups is 1. The van der Waals surface area contributed by atoms with Gasteiger partial charge < -0.3 is 14.6 Å². The second-order valence-electron chi connectivity index (χ2n) is 15.1. The van der Waals surface area contributed by atoms with E-state index in [4.69, 9.17) is 26.9 Å². The number of ether oxygens (including phenoxy) is 2. The summed E-state index contributed by atoms with van der Waals surface area (Å²) in [5.41, 5.74) is 0.683. The Kier molecular flexibility index (Phi) is 18.0. The molecule has 0 saturated heterocycles. The van der Waals surface area contributed by atoms with E-state index in [1.54, 1.807) is 90.1 Å². The molecule has 0 heterocycles. The van der Waals surface area contributed by atoms with Crippen molar-refractivity contribution in [3.8, 4) is 0 Å². The summed E-state index contributed by atoms with van der Waals surface area (Å²) in [4.78, 5) is 59.5. The largest absolute Gasteiger partial charge is 0.506 e. The molecule has 3 N–H and O–H groups in total. The number of hydrazine groups is 1. The van der Waals surface area contributed by atoms with Crippen LogP contribution in [0.4, 0.5) is 9.59 Å². The predicted octanol–water partition coefficient (Wildman–Crippen LogP) is 9.15. The molecule has 2 aromatic rings. The Bertz CT molecular complexity index is 1730. The van der Waals surface area contributed by atoms with Crippen molar-refractivity contribution in [2.75, 3.05) is 14.1 Å². The highest BCUT2D eigenvalue weighted by molar-refractivity contribution is 6.39. The number of carbonyl (C=O) groups excluding carboxylic acids is 5. The van der Waals surface area contributed by atoms with Gasteiger partial charge in [0.2, 0.25) is 0 Å². The highest BCUT2D eigenvalue weighted by Gasteiger charge is 2.32. The molecule has 2 atom stereocenters. The van der Waals surface area contributed by atoms with E-state index < -0.39 is 23.4 Å². The van der Waals surface area contributed by atoms with E-state index >= 15 is 0 Å². The second kappa shape index (κ2) is 20.6. The van der Waals surface area contributed by atoms with Gasteiger partial charge in [0.15, 0.2) is 17.3 Å². The third kappa shape index (κ3) is 15.3. The third-order valence-electron chi connectivity index (χ3n) is 7.41. The second-order valence-corrected chi connectivity index (χ2v) is 15.5. The number of aliphatic hydroxyl groups excluding tert-OH is 1. The molecule has 2 aliphatic rings. The highest BCUT2D eigenvalue weighted by Crippen LogP contribution is 2.31. The first kappa shape index (κ1) is 47.2. The molecule has 298 valence electrons. The summed E-state index contributed by atoms with van der Waals surface area (Å²) in [7, 11) is 2.91. The fraction of sp³-hybridized carbons (Fsp3) is 0.463. The standard InChI is InChI=1S/C20H26N2O4.C14H13ClO2.C6H14N2O2.CH4.H2/c1-13-11-15(21-22(5)19(25)26-20(2,3)4)17(16(23)12-13)18(24)14-9-7-6-8-10-14;1-9-7-11(15)13(12(16)8-9)14(17)10-5-3-2-4-6-10;1-6(2,3)10-5(9)8(4)7;;/h6-10,13,24H,11-12H2,1-5H3;2-6,9H,7-8H2,1H3;7H2,1-4H3;1H4;1H/i;;;;1+1. The molecule has 1 fully saturated rings. The SMILES string of the molecule is C.CC1CC(=O)C(=C(O)c2ccccc2)C(=NN(C)C(=O)OC(C)(C)C)C1.CC1CC(=O)C(C(=O)c2ccccc2)=C(Cl)C1.CN(N)C(=O)OC(C)(C)C.[2HH]. The van der Waals surface area contributed by atoms with E-state index in [-0.39, 0.29) is 54.9 Å². The van der Waals surface area contributed by atoms with Gasteiger partial charge >= 0.3 is 12.2 Å². The Balaban J connectivity index is 0.000000867. The van der Waals surface area contributed by atoms with E-state index in [1.807, 2.05) is 26.0 Å². The fourth-order valence-electron chi connectivity index (χ4n) is 5.10. The van der Waals surface area contributed by atoms with E-state index in [1.165, 1.54) is 14.1 Å². The van der Waals surface area contributed by atoms with Crippen molar-refractivity contribution < 1.29 is 40.0 Å². The predicted molar refractivity (Wildman–Crippen MR) is 215 cm³/mol. The topological polar surface area (TPSA) is 169 Å². The molecule has 2 aliphatic carbocycles. The van der Waals surface area contributed by atoms with Crippen LogP contribution in [0.5, 0.6) is 0 Å². The fourth-order valence-corrected chi connectivity index (χ4v) is 5.56. The van der Waals surface area contributed by atoms with Gasteiger partial charge in [0.1, 0.15) is 17.0 Å². The van der Waals surface area contributed by atoms with Crippen LogP contribution in [0.3, 0.4) is 0 Å². The van der Waals surface area contributed by atoms with E-state index in [2.05, 4.69) is 5.10 Å². The van der Waals surface area contributed by atoms with Crippen molar-refractivity contribution in [2.24, 2.45) is 22.8 Å². The Morgan fingerprint density at radius 3 is 1.67 bits per heavy atom. The maximum atomic E-state index is 12.6. The summed E-state index contributed by atoms with van der Waals surface area (Å²) in [6, 6.07) is 17.6. The molecule has 13 heteroatoms. The van der Waals surface area contributed by atoms with Crippen molar-refractivity contribution in [3.63, 3.8) is 0 Å². The molecule has 1 saturated carbocycles. The Hall–Kier alpha value is -4.81. The Morgan fingerprint density at radius 1 is 0.778 bits per heavy atom. The van der Waals surface area contributed by atoms with Crippen molar-refractivity contribution in [2.45, 2.75) is 99.7 Å². The molecule has 2 unspecified atom stereocenters. The highest BCUT2D eigenvalue weighted by atomic mass is 35.5. The lowest BCUT2D eigenvalue weighted by atomic mass is 9.83. The van der Waals surface area contributed by atoms with E-state index in [9.17, 15) is 29.1 Å². The van der Waals surface area contributed by atoms with Gasteiger partial charge in [-0.15, -0.1) is 0 Å². The van der Waals surface area contributed by atoms with Crippen LogP contribution >= 0.6 is 11.6 Å². The van der Waals surface area contributed by atoms with Crippen LogP contribution in [0.1, 0.15) is 106 Å². The number of hydrogen-bond donors (Lipinski definition) is 2. The summed E-state index contributed by atoms with van der Waals surface area (Å²) in [5, 5.41) is 17.3. The number of amides is 2. The van der Waals surface area contributed by atoms with Gasteiger partial charge in [-0.25, -0.2) is 25.4 Å². The van der Waals surface area contributed by atoms with Gasteiger partial charge in [-0.05, 0) is 66.2 Å². The molecule has 2 aromatic carbocycles. The molecule has 12 nitrogen and oxygen atoms in total. The lowest BCUT2D eigenvalue weighted by Crippen LogP contribution is -2.38. The molecule has 0 aliphatic heterocycles. The minimum Gasteiger partial charge on any atom is -0.506 e. The number of halogens is 1. The number of allylic oxidation sites excluding steroid dienone is 3. The molecule has 0 bridgehead atoms. The van der Waals surface area contributed by atoms with Crippen LogP contribution in [0.25, 0.3) is 5.76 Å². The Morgan fingerprint density at radius 2 is 1.22 bits per heavy atom. The van der Waals surface area contributed by atoms with E-state index in [0.29, 0.717) is 47.6 Å². The van der Waals surface area contributed by atoms with Gasteiger partial charge in [-0.3, -0.25) is 14.4 Å². The maximum absolute atomic E-state index is 12.6. The quantitative estimate of drug-likeness (QED) is 0.0585. The Labute approximate surface area is 326 Å². The van der Waals surface area contributed by atoms with Gasteiger partial charge in [0, 0.05) is 44.5 Å². The van der Waals surface area contributed by atoms with Crippen LogP contribution in [-0.4, -0.2) is 75.7 Å². The third-order valence-corrected chi connectivity index (χ3v) is 7.75. The molecule has 2 amide bonds. The summed E-state index contributed by atoms with van der Waals surface area (Å²) in [6.45, 7) is 14.6.